The van der Waals surface area contributed by atoms with Crippen LogP contribution < -0.4 is 5.32 Å². The predicted octanol–water partition coefficient (Wildman–Crippen LogP) is -0.160. The molecule has 3 N–H and O–H groups in total. The van der Waals surface area contributed by atoms with Gasteiger partial charge in [0.25, 0.3) is 0 Å². The molecule has 5 nitrogen and oxygen atoms in total. The zero-order valence-corrected chi connectivity index (χ0v) is 8.65. The van der Waals surface area contributed by atoms with Gasteiger partial charge in [-0.2, -0.15) is 0 Å². The summed E-state index contributed by atoms with van der Waals surface area (Å²) in [5, 5.41) is 20.0. The van der Waals surface area contributed by atoms with E-state index in [1.54, 1.807) is 13.8 Å². The minimum absolute atomic E-state index is 0.148. The molecular weight excluding hydrogens is 186 g/mol. The van der Waals surface area contributed by atoms with E-state index in [-0.39, 0.29) is 12.5 Å². The Labute approximate surface area is 83.1 Å². The minimum Gasteiger partial charge on any atom is -0.481 e. The van der Waals surface area contributed by atoms with E-state index in [4.69, 9.17) is 10.2 Å². The second-order valence-corrected chi connectivity index (χ2v) is 3.51. The van der Waals surface area contributed by atoms with E-state index in [1.807, 2.05) is 0 Å². The van der Waals surface area contributed by atoms with E-state index in [0.29, 0.717) is 0 Å². The second kappa shape index (κ2) is 5.59. The highest BCUT2D eigenvalue weighted by Gasteiger charge is 2.25. The predicted molar refractivity (Wildman–Crippen MR) is 50.7 cm³/mol. The van der Waals surface area contributed by atoms with Crippen molar-refractivity contribution < 1.29 is 19.8 Å². The molecule has 0 radical (unpaired) electrons. The maximum absolute atomic E-state index is 11.3. The lowest BCUT2D eigenvalue weighted by atomic mass is 9.95. The van der Waals surface area contributed by atoms with Gasteiger partial charge >= 0.3 is 5.97 Å². The fraction of sp³-hybridized carbons (Fsp3) is 0.778. The van der Waals surface area contributed by atoms with Crippen molar-refractivity contribution in [3.05, 3.63) is 0 Å². The van der Waals surface area contributed by atoms with Gasteiger partial charge in [-0.25, -0.2) is 0 Å². The Balaban J connectivity index is 4.05. The molecule has 0 aliphatic carbocycles. The highest BCUT2D eigenvalue weighted by atomic mass is 16.4. The van der Waals surface area contributed by atoms with E-state index >= 15 is 0 Å². The average Bonchev–Trinajstić information content (AvgIpc) is 2.11. The molecule has 0 spiro atoms. The number of aliphatic hydroxyl groups excluding tert-OH is 1. The monoisotopic (exact) mass is 203 g/mol. The third-order valence-electron chi connectivity index (χ3n) is 2.12. The Bertz CT molecular complexity index is 215. The molecule has 14 heavy (non-hydrogen) atoms. The number of nitrogens with one attached hydrogen (secondary N) is 1. The molecule has 1 amide bonds. The van der Waals surface area contributed by atoms with E-state index in [1.165, 1.54) is 6.92 Å². The van der Waals surface area contributed by atoms with Crippen molar-refractivity contribution in [1.29, 1.82) is 0 Å². The van der Waals surface area contributed by atoms with Crippen molar-refractivity contribution in [2.45, 2.75) is 26.9 Å². The van der Waals surface area contributed by atoms with Crippen molar-refractivity contribution in [3.8, 4) is 0 Å². The molecule has 82 valence electrons. The summed E-state index contributed by atoms with van der Waals surface area (Å²) in [6.07, 6.45) is -0.619. The number of carboxylic acids is 1. The molecule has 3 atom stereocenters. The molecule has 0 aromatic heterocycles. The zero-order valence-electron chi connectivity index (χ0n) is 8.65. The first-order valence-electron chi connectivity index (χ1n) is 4.54. The van der Waals surface area contributed by atoms with Crippen LogP contribution >= 0.6 is 0 Å². The van der Waals surface area contributed by atoms with Gasteiger partial charge in [0.05, 0.1) is 12.0 Å². The van der Waals surface area contributed by atoms with E-state index in [9.17, 15) is 9.59 Å². The van der Waals surface area contributed by atoms with Gasteiger partial charge in [-0.05, 0) is 6.92 Å². The Kier molecular flexibility index (Phi) is 5.15. The van der Waals surface area contributed by atoms with Gasteiger partial charge in [0, 0.05) is 12.5 Å². The van der Waals surface area contributed by atoms with Crippen LogP contribution in [0.2, 0.25) is 0 Å². The molecule has 0 saturated heterocycles. The molecule has 0 bridgehead atoms. The minimum atomic E-state index is -0.996. The fourth-order valence-corrected chi connectivity index (χ4v) is 0.850. The Hall–Kier alpha value is -1.10. The number of amides is 1. The summed E-state index contributed by atoms with van der Waals surface area (Å²) in [4.78, 5) is 21.9. The number of carbonyl (C=O) groups excluding carboxylic acids is 1. The van der Waals surface area contributed by atoms with E-state index < -0.39 is 23.9 Å². The van der Waals surface area contributed by atoms with Crippen LogP contribution in [0.3, 0.4) is 0 Å². The van der Waals surface area contributed by atoms with Crippen LogP contribution in [0.25, 0.3) is 0 Å². The molecule has 0 fully saturated rings. The number of aliphatic hydroxyl groups is 1. The van der Waals surface area contributed by atoms with Crippen molar-refractivity contribution in [1.82, 2.24) is 5.32 Å². The summed E-state index contributed by atoms with van der Waals surface area (Å²) in [6, 6.07) is 0. The molecule has 5 heteroatoms. The van der Waals surface area contributed by atoms with Gasteiger partial charge in [-0.15, -0.1) is 0 Å². The van der Waals surface area contributed by atoms with Crippen LogP contribution in [-0.4, -0.2) is 34.7 Å². The summed E-state index contributed by atoms with van der Waals surface area (Å²) in [6.45, 7) is 4.73. The van der Waals surface area contributed by atoms with Gasteiger partial charge < -0.3 is 15.5 Å². The molecule has 0 aliphatic heterocycles. The number of carbonyl (C=O) groups is 2. The highest BCUT2D eigenvalue weighted by molar-refractivity contribution is 5.84. The quantitative estimate of drug-likeness (QED) is 0.579. The molecular formula is C9H17NO4. The summed E-state index contributed by atoms with van der Waals surface area (Å²) >= 11 is 0. The van der Waals surface area contributed by atoms with Crippen molar-refractivity contribution in [2.24, 2.45) is 11.8 Å². The van der Waals surface area contributed by atoms with E-state index in [0.717, 1.165) is 0 Å². The number of rotatable bonds is 5. The number of hydrogen-bond acceptors (Lipinski definition) is 3. The van der Waals surface area contributed by atoms with Gasteiger partial charge in [0.2, 0.25) is 5.91 Å². The average molecular weight is 203 g/mol. The van der Waals surface area contributed by atoms with Crippen LogP contribution in [0.1, 0.15) is 20.8 Å². The van der Waals surface area contributed by atoms with Gasteiger partial charge in [0.15, 0.2) is 0 Å². The zero-order chi connectivity index (χ0) is 11.3. The molecule has 3 unspecified atom stereocenters. The fourth-order valence-electron chi connectivity index (χ4n) is 0.850. The maximum atomic E-state index is 11.3. The molecule has 0 aliphatic rings. The molecule has 0 heterocycles. The lowest BCUT2D eigenvalue weighted by Crippen LogP contribution is -2.38. The van der Waals surface area contributed by atoms with Crippen LogP contribution in [0.4, 0.5) is 0 Å². The lowest BCUT2D eigenvalue weighted by Gasteiger charge is -2.16. The Morgan fingerprint density at radius 3 is 2.07 bits per heavy atom. The van der Waals surface area contributed by atoms with Crippen LogP contribution in [-0.2, 0) is 9.59 Å². The first-order chi connectivity index (χ1) is 6.36. The SMILES string of the molecule is CC(O)CNC(=O)C(C)C(C)C(=O)O. The number of hydrogen-bond donors (Lipinski definition) is 3. The third kappa shape index (κ3) is 4.23. The smallest absolute Gasteiger partial charge is 0.307 e. The van der Waals surface area contributed by atoms with Crippen molar-refractivity contribution in [3.63, 3.8) is 0 Å². The van der Waals surface area contributed by atoms with Crippen molar-refractivity contribution in [2.75, 3.05) is 6.54 Å². The first kappa shape index (κ1) is 12.9. The third-order valence-corrected chi connectivity index (χ3v) is 2.12. The maximum Gasteiger partial charge on any atom is 0.307 e. The number of carboxylic acid groups (broad SMARTS) is 1. The van der Waals surface area contributed by atoms with Gasteiger partial charge in [-0.3, -0.25) is 9.59 Å². The first-order valence-corrected chi connectivity index (χ1v) is 4.54. The largest absolute Gasteiger partial charge is 0.481 e. The summed E-state index contributed by atoms with van der Waals surface area (Å²) < 4.78 is 0. The van der Waals surface area contributed by atoms with E-state index in [2.05, 4.69) is 5.32 Å². The number of aliphatic carboxylic acids is 1. The Morgan fingerprint density at radius 2 is 1.71 bits per heavy atom. The van der Waals surface area contributed by atoms with Gasteiger partial charge in [-0.1, -0.05) is 13.8 Å². The van der Waals surface area contributed by atoms with Crippen molar-refractivity contribution >= 4 is 11.9 Å². The topological polar surface area (TPSA) is 86.6 Å². The standard InChI is InChI=1S/C9H17NO4/c1-5(11)4-10-8(12)6(2)7(3)9(13)14/h5-7,11H,4H2,1-3H3,(H,10,12)(H,13,14). The molecule has 0 rings (SSSR count). The van der Waals surface area contributed by atoms with Crippen LogP contribution in [0.5, 0.6) is 0 Å². The molecule has 0 saturated carbocycles. The summed E-state index contributed by atoms with van der Waals surface area (Å²) in [5.74, 6) is -2.65. The molecule has 0 aromatic carbocycles. The summed E-state index contributed by atoms with van der Waals surface area (Å²) in [7, 11) is 0. The van der Waals surface area contributed by atoms with Crippen LogP contribution in [0, 0.1) is 11.8 Å². The summed E-state index contributed by atoms with van der Waals surface area (Å²) in [5.41, 5.74) is 0. The normalized spacial score (nSPS) is 16.9. The lowest BCUT2D eigenvalue weighted by molar-refractivity contribution is -0.146. The highest BCUT2D eigenvalue weighted by Crippen LogP contribution is 2.10. The van der Waals surface area contributed by atoms with Gasteiger partial charge in [0.1, 0.15) is 0 Å². The molecule has 0 aromatic rings. The Morgan fingerprint density at radius 1 is 1.21 bits per heavy atom. The van der Waals surface area contributed by atoms with Crippen LogP contribution in [0.15, 0.2) is 0 Å². The second-order valence-electron chi connectivity index (χ2n) is 3.51.